The standard InChI is InChI=1S/C16H17Cl2NO2/c1-10(19)16(11-3-6-13(20-2)7-4-11)21-15-8-5-12(17)9-14(15)18/h3-10,16H,19H2,1-2H3. The van der Waals surface area contributed by atoms with Crippen LogP contribution in [0.1, 0.15) is 18.6 Å². The molecule has 0 aliphatic rings. The third-order valence-electron chi connectivity index (χ3n) is 3.07. The second-order valence-electron chi connectivity index (χ2n) is 4.75. The molecule has 0 saturated heterocycles. The van der Waals surface area contributed by atoms with Gasteiger partial charge in [-0.3, -0.25) is 0 Å². The lowest BCUT2D eigenvalue weighted by atomic mass is 10.0. The number of nitrogens with two attached hydrogens (primary N) is 1. The van der Waals surface area contributed by atoms with E-state index in [4.69, 9.17) is 38.4 Å². The highest BCUT2D eigenvalue weighted by atomic mass is 35.5. The minimum atomic E-state index is -0.311. The summed E-state index contributed by atoms with van der Waals surface area (Å²) in [7, 11) is 1.63. The van der Waals surface area contributed by atoms with Gasteiger partial charge in [-0.05, 0) is 42.8 Å². The van der Waals surface area contributed by atoms with Crippen LogP contribution in [0.5, 0.6) is 11.5 Å². The zero-order chi connectivity index (χ0) is 15.4. The summed E-state index contributed by atoms with van der Waals surface area (Å²) in [6.07, 6.45) is -0.311. The van der Waals surface area contributed by atoms with Crippen LogP contribution in [0.15, 0.2) is 42.5 Å². The van der Waals surface area contributed by atoms with Gasteiger partial charge in [0.25, 0.3) is 0 Å². The fourth-order valence-corrected chi connectivity index (χ4v) is 2.43. The minimum absolute atomic E-state index is 0.204. The second kappa shape index (κ2) is 7.03. The molecule has 0 amide bonds. The van der Waals surface area contributed by atoms with E-state index in [0.717, 1.165) is 11.3 Å². The largest absolute Gasteiger partial charge is 0.497 e. The van der Waals surface area contributed by atoms with Gasteiger partial charge in [0.1, 0.15) is 17.6 Å². The number of ether oxygens (including phenoxy) is 2. The number of methoxy groups -OCH3 is 1. The van der Waals surface area contributed by atoms with Crippen LogP contribution in [0.2, 0.25) is 10.0 Å². The van der Waals surface area contributed by atoms with Crippen molar-refractivity contribution in [1.82, 2.24) is 0 Å². The van der Waals surface area contributed by atoms with Crippen LogP contribution in [-0.2, 0) is 0 Å². The molecule has 2 aromatic carbocycles. The fourth-order valence-electron chi connectivity index (χ4n) is 1.98. The quantitative estimate of drug-likeness (QED) is 0.882. The molecule has 0 saturated carbocycles. The maximum Gasteiger partial charge on any atom is 0.139 e. The van der Waals surface area contributed by atoms with Crippen LogP contribution in [0.3, 0.4) is 0 Å². The van der Waals surface area contributed by atoms with Gasteiger partial charge in [-0.15, -0.1) is 0 Å². The summed E-state index contributed by atoms with van der Waals surface area (Å²) in [5, 5.41) is 1.02. The van der Waals surface area contributed by atoms with Gasteiger partial charge >= 0.3 is 0 Å². The van der Waals surface area contributed by atoms with Crippen molar-refractivity contribution in [2.24, 2.45) is 5.73 Å². The summed E-state index contributed by atoms with van der Waals surface area (Å²) in [6, 6.07) is 12.5. The number of benzene rings is 2. The van der Waals surface area contributed by atoms with Gasteiger partial charge in [0, 0.05) is 11.1 Å². The Morgan fingerprint density at radius 1 is 1.05 bits per heavy atom. The van der Waals surface area contributed by atoms with Gasteiger partial charge in [-0.2, -0.15) is 0 Å². The van der Waals surface area contributed by atoms with Crippen molar-refractivity contribution < 1.29 is 9.47 Å². The lowest BCUT2D eigenvalue weighted by Gasteiger charge is -2.23. The van der Waals surface area contributed by atoms with Gasteiger partial charge in [0.15, 0.2) is 0 Å². The third-order valence-corrected chi connectivity index (χ3v) is 3.60. The van der Waals surface area contributed by atoms with Gasteiger partial charge in [0.05, 0.1) is 12.1 Å². The molecular formula is C16H17Cl2NO2. The normalized spacial score (nSPS) is 13.6. The molecule has 0 bridgehead atoms. The van der Waals surface area contributed by atoms with Gasteiger partial charge in [-0.1, -0.05) is 35.3 Å². The van der Waals surface area contributed by atoms with Crippen LogP contribution in [0.25, 0.3) is 0 Å². The van der Waals surface area contributed by atoms with Crippen molar-refractivity contribution in [3.63, 3.8) is 0 Å². The highest BCUT2D eigenvalue weighted by molar-refractivity contribution is 6.35. The van der Waals surface area contributed by atoms with E-state index in [0.29, 0.717) is 15.8 Å². The predicted octanol–water partition coefficient (Wildman–Crippen LogP) is 4.47. The molecule has 0 aromatic heterocycles. The number of rotatable bonds is 5. The molecule has 0 aliphatic carbocycles. The molecule has 2 unspecified atom stereocenters. The summed E-state index contributed by atoms with van der Waals surface area (Å²) >= 11 is 12.0. The molecule has 0 fully saturated rings. The molecule has 2 rings (SSSR count). The SMILES string of the molecule is COc1ccc(C(Oc2ccc(Cl)cc2Cl)C(C)N)cc1. The second-order valence-corrected chi connectivity index (χ2v) is 5.59. The minimum Gasteiger partial charge on any atom is -0.497 e. The van der Waals surface area contributed by atoms with Crippen molar-refractivity contribution in [3.05, 3.63) is 58.1 Å². The van der Waals surface area contributed by atoms with E-state index in [1.54, 1.807) is 25.3 Å². The van der Waals surface area contributed by atoms with E-state index in [2.05, 4.69) is 0 Å². The summed E-state index contributed by atoms with van der Waals surface area (Å²) in [5.41, 5.74) is 7.00. The smallest absolute Gasteiger partial charge is 0.139 e. The lowest BCUT2D eigenvalue weighted by molar-refractivity contribution is 0.180. The van der Waals surface area contributed by atoms with Crippen LogP contribution < -0.4 is 15.2 Å². The van der Waals surface area contributed by atoms with Crippen LogP contribution >= 0.6 is 23.2 Å². The Hall–Kier alpha value is -1.42. The molecule has 2 N–H and O–H groups in total. The lowest BCUT2D eigenvalue weighted by Crippen LogP contribution is -2.29. The Kier molecular flexibility index (Phi) is 5.34. The average Bonchev–Trinajstić information content (AvgIpc) is 2.46. The molecule has 0 aliphatic heterocycles. The van der Waals surface area contributed by atoms with Crippen molar-refractivity contribution in [3.8, 4) is 11.5 Å². The maximum absolute atomic E-state index is 6.14. The molecule has 21 heavy (non-hydrogen) atoms. The number of halogens is 2. The first-order valence-corrected chi connectivity index (χ1v) is 7.28. The van der Waals surface area contributed by atoms with E-state index >= 15 is 0 Å². The molecule has 3 nitrogen and oxygen atoms in total. The fraction of sp³-hybridized carbons (Fsp3) is 0.250. The first kappa shape index (κ1) is 16.0. The Morgan fingerprint density at radius 2 is 1.71 bits per heavy atom. The summed E-state index contributed by atoms with van der Waals surface area (Å²) < 4.78 is 11.1. The van der Waals surface area contributed by atoms with Crippen molar-refractivity contribution in [1.29, 1.82) is 0 Å². The van der Waals surface area contributed by atoms with Gasteiger partial charge in [-0.25, -0.2) is 0 Å². The zero-order valence-electron chi connectivity index (χ0n) is 11.8. The first-order chi connectivity index (χ1) is 10.0. The van der Waals surface area contributed by atoms with Crippen LogP contribution in [-0.4, -0.2) is 13.2 Å². The molecule has 112 valence electrons. The summed E-state index contributed by atoms with van der Waals surface area (Å²) in [6.45, 7) is 1.89. The van der Waals surface area contributed by atoms with Crippen molar-refractivity contribution in [2.75, 3.05) is 7.11 Å². The van der Waals surface area contributed by atoms with E-state index in [-0.39, 0.29) is 12.1 Å². The topological polar surface area (TPSA) is 44.5 Å². The molecular weight excluding hydrogens is 309 g/mol. The Labute approximate surface area is 134 Å². The third kappa shape index (κ3) is 4.03. The van der Waals surface area contributed by atoms with Gasteiger partial charge in [0.2, 0.25) is 0 Å². The Bertz CT molecular complexity index is 600. The monoisotopic (exact) mass is 325 g/mol. The van der Waals surface area contributed by atoms with E-state index in [1.807, 2.05) is 31.2 Å². The number of hydrogen-bond donors (Lipinski definition) is 1. The molecule has 0 heterocycles. The zero-order valence-corrected chi connectivity index (χ0v) is 13.4. The highest BCUT2D eigenvalue weighted by Crippen LogP contribution is 2.32. The molecule has 2 atom stereocenters. The van der Waals surface area contributed by atoms with E-state index in [9.17, 15) is 0 Å². The highest BCUT2D eigenvalue weighted by Gasteiger charge is 2.19. The Balaban J connectivity index is 2.26. The van der Waals surface area contributed by atoms with E-state index < -0.39 is 0 Å². The summed E-state index contributed by atoms with van der Waals surface area (Å²) in [4.78, 5) is 0. The first-order valence-electron chi connectivity index (χ1n) is 6.52. The predicted molar refractivity (Wildman–Crippen MR) is 86.5 cm³/mol. The Morgan fingerprint density at radius 3 is 2.24 bits per heavy atom. The van der Waals surface area contributed by atoms with Crippen molar-refractivity contribution >= 4 is 23.2 Å². The average molecular weight is 326 g/mol. The summed E-state index contributed by atoms with van der Waals surface area (Å²) in [5.74, 6) is 1.34. The molecule has 0 radical (unpaired) electrons. The maximum atomic E-state index is 6.14. The number of hydrogen-bond acceptors (Lipinski definition) is 3. The van der Waals surface area contributed by atoms with Gasteiger partial charge < -0.3 is 15.2 Å². The molecule has 5 heteroatoms. The van der Waals surface area contributed by atoms with E-state index in [1.165, 1.54) is 0 Å². The molecule has 0 spiro atoms. The molecule has 2 aromatic rings. The van der Waals surface area contributed by atoms with Crippen LogP contribution in [0.4, 0.5) is 0 Å². The van der Waals surface area contributed by atoms with Crippen LogP contribution in [0, 0.1) is 0 Å². The van der Waals surface area contributed by atoms with Crippen molar-refractivity contribution in [2.45, 2.75) is 19.1 Å².